The van der Waals surface area contributed by atoms with Crippen LogP contribution in [0.25, 0.3) is 0 Å². The number of nitrogens with zero attached hydrogens (tertiary/aromatic N) is 4. The molecular formula is C10H17N5S. The normalized spacial score (nSPS) is 14.4. The van der Waals surface area contributed by atoms with Gasteiger partial charge in [-0.05, 0) is 26.8 Å². The molecule has 5 nitrogen and oxygen atoms in total. The van der Waals surface area contributed by atoms with Crippen LogP contribution in [0.15, 0.2) is 11.5 Å². The highest BCUT2D eigenvalue weighted by molar-refractivity contribution is 7.99. The molecule has 1 unspecified atom stereocenters. The molecule has 16 heavy (non-hydrogen) atoms. The summed E-state index contributed by atoms with van der Waals surface area (Å²) in [6.45, 7) is 1.92. The Morgan fingerprint density at radius 3 is 2.94 bits per heavy atom. The Kier molecular flexibility index (Phi) is 4.77. The second-order valence-corrected chi connectivity index (χ2v) is 4.93. The summed E-state index contributed by atoms with van der Waals surface area (Å²) in [4.78, 5) is 0. The van der Waals surface area contributed by atoms with Gasteiger partial charge in [-0.3, -0.25) is 0 Å². The van der Waals surface area contributed by atoms with Crippen molar-refractivity contribution in [2.45, 2.75) is 30.5 Å². The van der Waals surface area contributed by atoms with E-state index in [1.807, 2.05) is 25.6 Å². The van der Waals surface area contributed by atoms with Gasteiger partial charge in [-0.15, -0.1) is 10.2 Å². The van der Waals surface area contributed by atoms with Gasteiger partial charge in [0.15, 0.2) is 5.16 Å². The largest absolute Gasteiger partial charge is 0.312 e. The molecule has 1 N–H and O–H groups in total. The van der Waals surface area contributed by atoms with Gasteiger partial charge in [0, 0.05) is 12.8 Å². The number of hydrogen-bond acceptors (Lipinski definition) is 5. The third-order valence-electron chi connectivity index (χ3n) is 2.52. The molecule has 0 aliphatic carbocycles. The minimum atomic E-state index is -0.416. The summed E-state index contributed by atoms with van der Waals surface area (Å²) in [7, 11) is 3.74. The highest BCUT2D eigenvalue weighted by Gasteiger charge is 2.20. The van der Waals surface area contributed by atoms with Gasteiger partial charge >= 0.3 is 0 Å². The van der Waals surface area contributed by atoms with Gasteiger partial charge < -0.3 is 9.88 Å². The zero-order chi connectivity index (χ0) is 12.0. The van der Waals surface area contributed by atoms with Gasteiger partial charge in [0.05, 0.1) is 6.07 Å². The molecule has 1 heterocycles. The van der Waals surface area contributed by atoms with E-state index >= 15 is 0 Å². The summed E-state index contributed by atoms with van der Waals surface area (Å²) < 4.78 is 1.90. The molecule has 1 aromatic heterocycles. The second-order valence-electron chi connectivity index (χ2n) is 3.87. The van der Waals surface area contributed by atoms with Crippen LogP contribution < -0.4 is 5.32 Å². The van der Waals surface area contributed by atoms with Gasteiger partial charge in [-0.25, -0.2) is 0 Å². The fourth-order valence-corrected chi connectivity index (χ4v) is 2.06. The van der Waals surface area contributed by atoms with E-state index in [4.69, 9.17) is 5.26 Å². The number of aryl methyl sites for hydroxylation is 1. The van der Waals surface area contributed by atoms with Gasteiger partial charge in [-0.1, -0.05) is 11.8 Å². The van der Waals surface area contributed by atoms with Crippen molar-refractivity contribution in [1.29, 1.82) is 5.26 Å². The third kappa shape index (κ3) is 3.51. The average molecular weight is 239 g/mol. The van der Waals surface area contributed by atoms with Crippen molar-refractivity contribution in [3.63, 3.8) is 0 Å². The van der Waals surface area contributed by atoms with E-state index in [1.54, 1.807) is 18.1 Å². The fourth-order valence-electron chi connectivity index (χ4n) is 1.23. The quantitative estimate of drug-likeness (QED) is 0.596. The Morgan fingerprint density at radius 1 is 1.69 bits per heavy atom. The first-order valence-electron chi connectivity index (χ1n) is 5.18. The number of nitriles is 1. The first-order valence-corrected chi connectivity index (χ1v) is 6.17. The lowest BCUT2D eigenvalue weighted by atomic mass is 9.99. The molecule has 0 fully saturated rings. The average Bonchev–Trinajstić information content (AvgIpc) is 2.70. The molecule has 1 atom stereocenters. The van der Waals surface area contributed by atoms with Gasteiger partial charge in [0.2, 0.25) is 0 Å². The van der Waals surface area contributed by atoms with Crippen molar-refractivity contribution in [2.24, 2.45) is 7.05 Å². The van der Waals surface area contributed by atoms with Gasteiger partial charge in [-0.2, -0.15) is 5.26 Å². The van der Waals surface area contributed by atoms with E-state index in [0.717, 1.165) is 23.8 Å². The lowest BCUT2D eigenvalue weighted by Gasteiger charge is -2.19. The molecule has 1 aromatic rings. The first-order chi connectivity index (χ1) is 7.61. The number of thioether (sulfide) groups is 1. The lowest BCUT2D eigenvalue weighted by molar-refractivity contribution is 0.451. The zero-order valence-electron chi connectivity index (χ0n) is 9.90. The number of nitrogens with one attached hydrogen (secondary N) is 1. The molecule has 88 valence electrons. The van der Waals surface area contributed by atoms with Crippen molar-refractivity contribution >= 4 is 11.8 Å². The highest BCUT2D eigenvalue weighted by atomic mass is 32.2. The van der Waals surface area contributed by atoms with E-state index in [-0.39, 0.29) is 0 Å². The minimum absolute atomic E-state index is 0.416. The summed E-state index contributed by atoms with van der Waals surface area (Å²) in [5.74, 6) is 0.950. The van der Waals surface area contributed by atoms with E-state index in [1.165, 1.54) is 0 Å². The molecule has 0 saturated heterocycles. The SMILES string of the molecule is CNC(C)(C#N)CCCSc1nncn1C. The highest BCUT2D eigenvalue weighted by Crippen LogP contribution is 2.18. The van der Waals surface area contributed by atoms with Crippen LogP contribution >= 0.6 is 11.8 Å². The molecule has 0 saturated carbocycles. The van der Waals surface area contributed by atoms with Crippen molar-refractivity contribution in [1.82, 2.24) is 20.1 Å². The van der Waals surface area contributed by atoms with Crippen LogP contribution in [0.2, 0.25) is 0 Å². The fraction of sp³-hybridized carbons (Fsp3) is 0.700. The minimum Gasteiger partial charge on any atom is -0.312 e. The maximum Gasteiger partial charge on any atom is 0.190 e. The number of hydrogen-bond donors (Lipinski definition) is 1. The van der Waals surface area contributed by atoms with Crippen LogP contribution in [0, 0.1) is 11.3 Å². The van der Waals surface area contributed by atoms with Crippen LogP contribution in [-0.4, -0.2) is 33.1 Å². The summed E-state index contributed by atoms with van der Waals surface area (Å²) in [5, 5.41) is 20.7. The van der Waals surface area contributed by atoms with Crippen LogP contribution in [0.5, 0.6) is 0 Å². The molecule has 0 aliphatic heterocycles. The van der Waals surface area contributed by atoms with Crippen molar-refractivity contribution < 1.29 is 0 Å². The Labute approximate surface area is 100 Å². The molecule has 0 aromatic carbocycles. The first kappa shape index (κ1) is 13.0. The van der Waals surface area contributed by atoms with E-state index in [0.29, 0.717) is 0 Å². The van der Waals surface area contributed by atoms with E-state index in [2.05, 4.69) is 21.6 Å². The second kappa shape index (κ2) is 5.87. The third-order valence-corrected chi connectivity index (χ3v) is 3.64. The predicted octanol–water partition coefficient (Wildman–Crippen LogP) is 1.19. The predicted molar refractivity (Wildman–Crippen MR) is 64.0 cm³/mol. The van der Waals surface area contributed by atoms with Gasteiger partial charge in [0.1, 0.15) is 11.9 Å². The zero-order valence-corrected chi connectivity index (χ0v) is 10.7. The van der Waals surface area contributed by atoms with E-state index < -0.39 is 5.54 Å². The van der Waals surface area contributed by atoms with Crippen molar-refractivity contribution in [3.05, 3.63) is 6.33 Å². The maximum atomic E-state index is 8.97. The monoisotopic (exact) mass is 239 g/mol. The molecule has 0 bridgehead atoms. The molecular weight excluding hydrogens is 222 g/mol. The van der Waals surface area contributed by atoms with Gasteiger partial charge in [0.25, 0.3) is 0 Å². The Balaban J connectivity index is 2.28. The number of aromatic nitrogens is 3. The Bertz CT molecular complexity index is 370. The van der Waals surface area contributed by atoms with Crippen LogP contribution in [0.1, 0.15) is 19.8 Å². The molecule has 0 spiro atoms. The van der Waals surface area contributed by atoms with Crippen molar-refractivity contribution in [3.8, 4) is 6.07 Å². The summed E-state index contributed by atoms with van der Waals surface area (Å²) >= 11 is 1.67. The van der Waals surface area contributed by atoms with E-state index in [9.17, 15) is 0 Å². The molecule has 1 rings (SSSR count). The lowest BCUT2D eigenvalue weighted by Crippen LogP contribution is -2.37. The number of rotatable bonds is 6. The van der Waals surface area contributed by atoms with Crippen LogP contribution in [0.4, 0.5) is 0 Å². The Hall–Kier alpha value is -1.06. The molecule has 6 heteroatoms. The summed E-state index contributed by atoms with van der Waals surface area (Å²) in [5.41, 5.74) is -0.416. The topological polar surface area (TPSA) is 66.5 Å². The standard InChI is InChI=1S/C10H17N5S/c1-10(7-11,12-2)5-4-6-16-9-14-13-8-15(9)3/h8,12H,4-6H2,1-3H3. The molecule has 0 radical (unpaired) electrons. The smallest absolute Gasteiger partial charge is 0.190 e. The van der Waals surface area contributed by atoms with Crippen LogP contribution in [0.3, 0.4) is 0 Å². The molecule has 0 aliphatic rings. The van der Waals surface area contributed by atoms with Crippen LogP contribution in [-0.2, 0) is 7.05 Å². The summed E-state index contributed by atoms with van der Waals surface area (Å²) in [6.07, 6.45) is 3.50. The Morgan fingerprint density at radius 2 is 2.44 bits per heavy atom. The maximum absolute atomic E-state index is 8.97. The van der Waals surface area contributed by atoms with Crippen molar-refractivity contribution in [2.75, 3.05) is 12.8 Å². The molecule has 0 amide bonds. The summed E-state index contributed by atoms with van der Waals surface area (Å²) in [6, 6.07) is 2.28.